The molecule has 1 saturated heterocycles. The zero-order valence-electron chi connectivity index (χ0n) is 11.5. The Labute approximate surface area is 118 Å². The first-order valence-corrected chi connectivity index (χ1v) is 7.14. The summed E-state index contributed by atoms with van der Waals surface area (Å²) in [7, 11) is 0. The summed E-state index contributed by atoms with van der Waals surface area (Å²) in [4.78, 5) is 24.3. The van der Waals surface area contributed by atoms with Crippen LogP contribution in [0.15, 0.2) is 0 Å². The lowest BCUT2D eigenvalue weighted by Gasteiger charge is -2.43. The zero-order chi connectivity index (χ0) is 14.4. The summed E-state index contributed by atoms with van der Waals surface area (Å²) in [5, 5.41) is 11.2. The molecule has 0 aromatic heterocycles. The Kier molecular flexibility index (Phi) is 5.60. The molecule has 1 saturated carbocycles. The van der Waals surface area contributed by atoms with Gasteiger partial charge in [0.1, 0.15) is 6.61 Å². The second-order valence-electron chi connectivity index (χ2n) is 5.13. The number of amides is 2. The van der Waals surface area contributed by atoms with Gasteiger partial charge in [0.05, 0.1) is 25.4 Å². The molecule has 0 spiro atoms. The monoisotopic (exact) mass is 286 g/mol. The molecule has 7 heteroatoms. The fourth-order valence-electron chi connectivity index (χ4n) is 2.84. The molecule has 0 aromatic carbocycles. The van der Waals surface area contributed by atoms with E-state index in [0.717, 1.165) is 19.3 Å². The lowest BCUT2D eigenvalue weighted by Crippen LogP contribution is -2.57. The van der Waals surface area contributed by atoms with Crippen molar-refractivity contribution in [3.63, 3.8) is 0 Å². The van der Waals surface area contributed by atoms with E-state index in [9.17, 15) is 9.59 Å². The van der Waals surface area contributed by atoms with Gasteiger partial charge < -0.3 is 24.8 Å². The van der Waals surface area contributed by atoms with Crippen molar-refractivity contribution in [3.05, 3.63) is 0 Å². The summed E-state index contributed by atoms with van der Waals surface area (Å²) >= 11 is 0. The molecule has 2 N–H and O–H groups in total. The van der Waals surface area contributed by atoms with Crippen molar-refractivity contribution >= 4 is 12.0 Å². The molecule has 2 aliphatic rings. The van der Waals surface area contributed by atoms with Gasteiger partial charge in [-0.15, -0.1) is 0 Å². The van der Waals surface area contributed by atoms with Gasteiger partial charge in [-0.2, -0.15) is 0 Å². The number of carboxylic acid groups (broad SMARTS) is 1. The maximum absolute atomic E-state index is 12.1. The molecule has 2 fully saturated rings. The van der Waals surface area contributed by atoms with E-state index in [1.807, 2.05) is 4.90 Å². The molecule has 0 aromatic rings. The Morgan fingerprint density at radius 1 is 1.35 bits per heavy atom. The number of carbonyl (C=O) groups is 2. The first-order chi connectivity index (χ1) is 9.68. The van der Waals surface area contributed by atoms with Crippen molar-refractivity contribution in [2.24, 2.45) is 0 Å². The topological polar surface area (TPSA) is 88.1 Å². The molecule has 20 heavy (non-hydrogen) atoms. The number of nitrogens with one attached hydrogen (secondary N) is 1. The Bertz CT molecular complexity index is 348. The van der Waals surface area contributed by atoms with Gasteiger partial charge in [0, 0.05) is 13.1 Å². The van der Waals surface area contributed by atoms with E-state index in [4.69, 9.17) is 14.6 Å². The van der Waals surface area contributed by atoms with Crippen LogP contribution in [0.25, 0.3) is 0 Å². The summed E-state index contributed by atoms with van der Waals surface area (Å²) in [5.74, 6) is -1.01. The van der Waals surface area contributed by atoms with Crippen LogP contribution in [0.4, 0.5) is 4.79 Å². The first kappa shape index (κ1) is 15.1. The molecule has 0 radical (unpaired) electrons. The van der Waals surface area contributed by atoms with Crippen molar-refractivity contribution in [2.75, 3.05) is 32.9 Å². The third kappa shape index (κ3) is 4.08. The van der Waals surface area contributed by atoms with Gasteiger partial charge in [-0.3, -0.25) is 0 Å². The SMILES string of the molecule is O=C(O)COCCNC(=O)N1CCOC2CCCCC21. The van der Waals surface area contributed by atoms with Crippen LogP contribution in [0.1, 0.15) is 25.7 Å². The molecule has 2 atom stereocenters. The highest BCUT2D eigenvalue weighted by Gasteiger charge is 2.36. The first-order valence-electron chi connectivity index (χ1n) is 7.14. The van der Waals surface area contributed by atoms with Gasteiger partial charge >= 0.3 is 12.0 Å². The molecule has 2 amide bonds. The molecule has 0 bridgehead atoms. The third-order valence-corrected chi connectivity index (χ3v) is 3.74. The van der Waals surface area contributed by atoms with Crippen molar-refractivity contribution in [1.82, 2.24) is 10.2 Å². The number of hydrogen-bond donors (Lipinski definition) is 2. The third-order valence-electron chi connectivity index (χ3n) is 3.74. The number of rotatable bonds is 5. The fraction of sp³-hybridized carbons (Fsp3) is 0.846. The van der Waals surface area contributed by atoms with E-state index in [2.05, 4.69) is 5.32 Å². The molecular weight excluding hydrogens is 264 g/mol. The van der Waals surface area contributed by atoms with E-state index >= 15 is 0 Å². The molecule has 1 aliphatic heterocycles. The van der Waals surface area contributed by atoms with Gasteiger partial charge in [-0.05, 0) is 12.8 Å². The number of carbonyl (C=O) groups excluding carboxylic acids is 1. The number of hydrogen-bond acceptors (Lipinski definition) is 4. The van der Waals surface area contributed by atoms with E-state index in [-0.39, 0.29) is 31.4 Å². The van der Waals surface area contributed by atoms with Crippen molar-refractivity contribution in [1.29, 1.82) is 0 Å². The highest BCUT2D eigenvalue weighted by atomic mass is 16.5. The van der Waals surface area contributed by atoms with Gasteiger partial charge in [0.25, 0.3) is 0 Å². The van der Waals surface area contributed by atoms with Crippen LogP contribution in [-0.2, 0) is 14.3 Å². The van der Waals surface area contributed by atoms with Crippen molar-refractivity contribution in [3.8, 4) is 0 Å². The summed E-state index contributed by atoms with van der Waals surface area (Å²) in [5.41, 5.74) is 0. The summed E-state index contributed by atoms with van der Waals surface area (Å²) in [6, 6.07) is 0.0709. The minimum Gasteiger partial charge on any atom is -0.480 e. The predicted molar refractivity (Wildman–Crippen MR) is 70.6 cm³/mol. The number of nitrogens with zero attached hydrogens (tertiary/aromatic N) is 1. The number of aliphatic carboxylic acids is 1. The smallest absolute Gasteiger partial charge is 0.329 e. The van der Waals surface area contributed by atoms with Crippen LogP contribution in [0.2, 0.25) is 0 Å². The highest BCUT2D eigenvalue weighted by Crippen LogP contribution is 2.28. The molecule has 2 rings (SSSR count). The summed E-state index contributed by atoms with van der Waals surface area (Å²) in [6.07, 6.45) is 4.49. The minimum atomic E-state index is -1.01. The average Bonchev–Trinajstić information content (AvgIpc) is 2.45. The van der Waals surface area contributed by atoms with E-state index < -0.39 is 5.97 Å². The van der Waals surface area contributed by atoms with E-state index in [1.165, 1.54) is 6.42 Å². The van der Waals surface area contributed by atoms with E-state index in [1.54, 1.807) is 0 Å². The second-order valence-corrected chi connectivity index (χ2v) is 5.13. The van der Waals surface area contributed by atoms with Crippen LogP contribution in [0.3, 0.4) is 0 Å². The summed E-state index contributed by atoms with van der Waals surface area (Å²) in [6.45, 7) is 1.39. The fourth-order valence-corrected chi connectivity index (χ4v) is 2.84. The molecule has 1 heterocycles. The number of carboxylic acids is 1. The number of urea groups is 1. The van der Waals surface area contributed by atoms with Crippen molar-refractivity contribution in [2.45, 2.75) is 37.8 Å². The van der Waals surface area contributed by atoms with Gasteiger partial charge in [-0.25, -0.2) is 9.59 Å². The Morgan fingerprint density at radius 3 is 2.95 bits per heavy atom. The molecule has 1 aliphatic carbocycles. The largest absolute Gasteiger partial charge is 0.480 e. The molecular formula is C13H22N2O5. The maximum Gasteiger partial charge on any atom is 0.329 e. The van der Waals surface area contributed by atoms with Crippen LogP contribution in [0.5, 0.6) is 0 Å². The normalized spacial score (nSPS) is 25.9. The summed E-state index contributed by atoms with van der Waals surface area (Å²) < 4.78 is 10.6. The van der Waals surface area contributed by atoms with Gasteiger partial charge in [-0.1, -0.05) is 12.8 Å². The van der Waals surface area contributed by atoms with E-state index in [0.29, 0.717) is 19.7 Å². The zero-order valence-corrected chi connectivity index (χ0v) is 11.5. The standard InChI is InChI=1S/C13H22N2O5/c16-12(17)9-19-7-5-14-13(18)15-6-8-20-11-4-2-1-3-10(11)15/h10-11H,1-9H2,(H,14,18)(H,16,17). The van der Waals surface area contributed by atoms with Gasteiger partial charge in [0.15, 0.2) is 0 Å². The quantitative estimate of drug-likeness (QED) is 0.716. The highest BCUT2D eigenvalue weighted by molar-refractivity contribution is 5.74. The lowest BCUT2D eigenvalue weighted by molar-refractivity contribution is -0.142. The van der Waals surface area contributed by atoms with Crippen LogP contribution >= 0.6 is 0 Å². The predicted octanol–water partition coefficient (Wildman–Crippen LogP) is 0.441. The Morgan fingerprint density at radius 2 is 2.15 bits per heavy atom. The van der Waals surface area contributed by atoms with Crippen LogP contribution in [-0.4, -0.2) is 67.1 Å². The maximum atomic E-state index is 12.1. The lowest BCUT2D eigenvalue weighted by atomic mass is 9.90. The number of fused-ring (bicyclic) bond motifs is 1. The second kappa shape index (κ2) is 7.44. The number of morpholine rings is 1. The molecule has 114 valence electrons. The Balaban J connectivity index is 1.72. The number of ether oxygens (including phenoxy) is 2. The van der Waals surface area contributed by atoms with Gasteiger partial charge in [0.2, 0.25) is 0 Å². The Hall–Kier alpha value is -1.34. The van der Waals surface area contributed by atoms with Crippen LogP contribution in [0, 0.1) is 0 Å². The molecule has 7 nitrogen and oxygen atoms in total. The van der Waals surface area contributed by atoms with Crippen LogP contribution < -0.4 is 5.32 Å². The molecule has 2 unspecified atom stereocenters. The average molecular weight is 286 g/mol. The minimum absolute atomic E-state index is 0.107. The van der Waals surface area contributed by atoms with Crippen molar-refractivity contribution < 1.29 is 24.2 Å².